The first-order valence-electron chi connectivity index (χ1n) is 6.50. The van der Waals surface area contributed by atoms with Crippen LogP contribution in [0.2, 0.25) is 0 Å². The number of anilines is 2. The largest absolute Gasteiger partial charge is 0.380 e. The zero-order chi connectivity index (χ0) is 15.6. The summed E-state index contributed by atoms with van der Waals surface area (Å²) in [6, 6.07) is 5.56. The van der Waals surface area contributed by atoms with Crippen LogP contribution in [-0.2, 0) is 16.6 Å². The zero-order valence-corrected chi connectivity index (χ0v) is 14.2. The van der Waals surface area contributed by atoms with Crippen molar-refractivity contribution < 1.29 is 8.42 Å². The first-order chi connectivity index (χ1) is 9.74. The summed E-state index contributed by atoms with van der Waals surface area (Å²) in [7, 11) is -3.25. The number of sulfonamides is 1. The Morgan fingerprint density at radius 3 is 2.48 bits per heavy atom. The van der Waals surface area contributed by atoms with Crippen LogP contribution in [0.25, 0.3) is 0 Å². The van der Waals surface area contributed by atoms with Crippen molar-refractivity contribution in [2.24, 2.45) is 0 Å². The first kappa shape index (κ1) is 15.8. The van der Waals surface area contributed by atoms with Gasteiger partial charge in [0.15, 0.2) is 0 Å². The van der Waals surface area contributed by atoms with Gasteiger partial charge in [0, 0.05) is 10.6 Å². The molecule has 21 heavy (non-hydrogen) atoms. The van der Waals surface area contributed by atoms with E-state index in [1.54, 1.807) is 17.4 Å². The van der Waals surface area contributed by atoms with E-state index in [-0.39, 0.29) is 0 Å². The van der Waals surface area contributed by atoms with Gasteiger partial charge in [0.2, 0.25) is 10.0 Å². The molecule has 0 aliphatic rings. The van der Waals surface area contributed by atoms with Crippen LogP contribution in [-0.4, -0.2) is 19.7 Å². The molecule has 1 aromatic carbocycles. The molecule has 0 atom stereocenters. The van der Waals surface area contributed by atoms with E-state index in [1.807, 2.05) is 32.9 Å². The van der Waals surface area contributed by atoms with Crippen molar-refractivity contribution in [3.05, 3.63) is 39.3 Å². The van der Waals surface area contributed by atoms with Crippen LogP contribution in [0.5, 0.6) is 0 Å². The standard InChI is InChI=1S/C14H19N3O2S2/c1-9-7-12(5-6-13(9)17-21(4,18)19)15-8-14-10(2)16-11(3)20-14/h5-7,15,17H,8H2,1-4H3. The summed E-state index contributed by atoms with van der Waals surface area (Å²) >= 11 is 1.68. The molecule has 0 unspecified atom stereocenters. The highest BCUT2D eigenvalue weighted by Gasteiger charge is 2.07. The molecular formula is C14H19N3O2S2. The third-order valence-electron chi connectivity index (χ3n) is 2.97. The van der Waals surface area contributed by atoms with Crippen molar-refractivity contribution in [2.45, 2.75) is 27.3 Å². The van der Waals surface area contributed by atoms with Crippen LogP contribution in [0.15, 0.2) is 18.2 Å². The topological polar surface area (TPSA) is 71.1 Å². The molecule has 1 aromatic heterocycles. The van der Waals surface area contributed by atoms with Gasteiger partial charge in [-0.15, -0.1) is 11.3 Å². The molecule has 2 rings (SSSR count). The molecule has 2 N–H and O–H groups in total. The van der Waals surface area contributed by atoms with E-state index in [2.05, 4.69) is 15.0 Å². The minimum Gasteiger partial charge on any atom is -0.380 e. The lowest BCUT2D eigenvalue weighted by Gasteiger charge is -2.11. The maximum Gasteiger partial charge on any atom is 0.229 e. The molecule has 5 nitrogen and oxygen atoms in total. The lowest BCUT2D eigenvalue weighted by atomic mass is 10.2. The Kier molecular flexibility index (Phi) is 4.53. The summed E-state index contributed by atoms with van der Waals surface area (Å²) in [5, 5.41) is 4.40. The van der Waals surface area contributed by atoms with Crippen molar-refractivity contribution in [2.75, 3.05) is 16.3 Å². The number of aryl methyl sites for hydroxylation is 3. The summed E-state index contributed by atoms with van der Waals surface area (Å²) in [5.41, 5.74) is 3.49. The average molecular weight is 325 g/mol. The number of aromatic nitrogens is 1. The minimum atomic E-state index is -3.25. The lowest BCUT2D eigenvalue weighted by Crippen LogP contribution is -2.10. The number of nitrogens with zero attached hydrogens (tertiary/aromatic N) is 1. The molecule has 0 saturated carbocycles. The van der Waals surface area contributed by atoms with Crippen LogP contribution in [0, 0.1) is 20.8 Å². The normalized spacial score (nSPS) is 11.4. The van der Waals surface area contributed by atoms with Crippen molar-refractivity contribution in [1.82, 2.24) is 4.98 Å². The van der Waals surface area contributed by atoms with E-state index in [9.17, 15) is 8.42 Å². The molecule has 0 aliphatic carbocycles. The highest BCUT2D eigenvalue weighted by molar-refractivity contribution is 7.92. The van der Waals surface area contributed by atoms with E-state index in [4.69, 9.17) is 0 Å². The first-order valence-corrected chi connectivity index (χ1v) is 9.20. The van der Waals surface area contributed by atoms with Crippen LogP contribution >= 0.6 is 11.3 Å². The summed E-state index contributed by atoms with van der Waals surface area (Å²) in [6.07, 6.45) is 1.15. The van der Waals surface area contributed by atoms with Crippen molar-refractivity contribution in [1.29, 1.82) is 0 Å². The Bertz CT molecular complexity index is 752. The Morgan fingerprint density at radius 2 is 1.95 bits per heavy atom. The summed E-state index contributed by atoms with van der Waals surface area (Å²) in [4.78, 5) is 5.61. The fraction of sp³-hybridized carbons (Fsp3) is 0.357. The Hall–Kier alpha value is -1.60. The molecule has 0 radical (unpaired) electrons. The monoisotopic (exact) mass is 325 g/mol. The number of hydrogen-bond donors (Lipinski definition) is 2. The van der Waals surface area contributed by atoms with Gasteiger partial charge in [-0.25, -0.2) is 13.4 Å². The quantitative estimate of drug-likeness (QED) is 0.886. The molecule has 7 heteroatoms. The molecular weight excluding hydrogens is 306 g/mol. The van der Waals surface area contributed by atoms with Gasteiger partial charge in [-0.2, -0.15) is 0 Å². The van der Waals surface area contributed by atoms with Gasteiger partial charge in [-0.05, 0) is 44.5 Å². The molecule has 0 bridgehead atoms. The maximum absolute atomic E-state index is 11.3. The zero-order valence-electron chi connectivity index (χ0n) is 12.5. The molecule has 0 fully saturated rings. The van der Waals surface area contributed by atoms with E-state index in [0.29, 0.717) is 5.69 Å². The van der Waals surface area contributed by atoms with Crippen LogP contribution < -0.4 is 10.0 Å². The molecule has 1 heterocycles. The number of rotatable bonds is 5. The third-order valence-corrected chi connectivity index (χ3v) is 4.64. The van der Waals surface area contributed by atoms with Crippen LogP contribution in [0.3, 0.4) is 0 Å². The van der Waals surface area contributed by atoms with Crippen LogP contribution in [0.1, 0.15) is 21.1 Å². The second-order valence-electron chi connectivity index (χ2n) is 5.00. The van der Waals surface area contributed by atoms with E-state index in [1.165, 1.54) is 4.88 Å². The number of benzene rings is 1. The van der Waals surface area contributed by atoms with Gasteiger partial charge in [-0.1, -0.05) is 0 Å². The van der Waals surface area contributed by atoms with Crippen molar-refractivity contribution in [3.8, 4) is 0 Å². The van der Waals surface area contributed by atoms with Gasteiger partial charge in [0.25, 0.3) is 0 Å². The Balaban J connectivity index is 2.08. The van der Waals surface area contributed by atoms with E-state index in [0.717, 1.165) is 34.8 Å². The predicted molar refractivity (Wildman–Crippen MR) is 88.6 cm³/mol. The smallest absolute Gasteiger partial charge is 0.229 e. The fourth-order valence-corrected chi connectivity index (χ4v) is 3.51. The second-order valence-corrected chi connectivity index (χ2v) is 8.04. The fourth-order valence-electron chi connectivity index (χ4n) is 2.01. The molecule has 0 spiro atoms. The Labute approximate surface area is 129 Å². The van der Waals surface area contributed by atoms with Gasteiger partial charge in [0.1, 0.15) is 0 Å². The molecule has 2 aromatic rings. The highest BCUT2D eigenvalue weighted by atomic mass is 32.2. The van der Waals surface area contributed by atoms with Gasteiger partial charge < -0.3 is 5.32 Å². The molecule has 0 aliphatic heterocycles. The highest BCUT2D eigenvalue weighted by Crippen LogP contribution is 2.23. The van der Waals surface area contributed by atoms with Crippen molar-refractivity contribution >= 4 is 32.7 Å². The van der Waals surface area contributed by atoms with Gasteiger partial charge >= 0.3 is 0 Å². The van der Waals surface area contributed by atoms with Crippen molar-refractivity contribution in [3.63, 3.8) is 0 Å². The molecule has 114 valence electrons. The summed E-state index contributed by atoms with van der Waals surface area (Å²) in [5.74, 6) is 0. The molecule has 0 saturated heterocycles. The summed E-state index contributed by atoms with van der Waals surface area (Å²) in [6.45, 7) is 6.60. The summed E-state index contributed by atoms with van der Waals surface area (Å²) < 4.78 is 25.0. The predicted octanol–water partition coefficient (Wildman–Crippen LogP) is 3.05. The minimum absolute atomic E-state index is 0.605. The third kappa shape index (κ3) is 4.44. The van der Waals surface area contributed by atoms with E-state index >= 15 is 0 Å². The number of nitrogens with one attached hydrogen (secondary N) is 2. The lowest BCUT2D eigenvalue weighted by molar-refractivity contribution is 0.607. The van der Waals surface area contributed by atoms with Gasteiger partial charge in [-0.3, -0.25) is 4.72 Å². The maximum atomic E-state index is 11.3. The Morgan fingerprint density at radius 1 is 1.24 bits per heavy atom. The average Bonchev–Trinajstić information content (AvgIpc) is 2.67. The van der Waals surface area contributed by atoms with Gasteiger partial charge in [0.05, 0.1) is 29.2 Å². The second kappa shape index (κ2) is 6.03. The van der Waals surface area contributed by atoms with E-state index < -0.39 is 10.0 Å². The number of hydrogen-bond acceptors (Lipinski definition) is 5. The molecule has 0 amide bonds. The van der Waals surface area contributed by atoms with Crippen LogP contribution in [0.4, 0.5) is 11.4 Å². The SMILES string of the molecule is Cc1nc(C)c(CNc2ccc(NS(C)(=O)=O)c(C)c2)s1. The number of thiazole rings is 1.